The Balaban J connectivity index is 2.04. The number of halogens is 1. The van der Waals surface area contributed by atoms with Gasteiger partial charge >= 0.3 is 5.97 Å². The summed E-state index contributed by atoms with van der Waals surface area (Å²) in [6, 6.07) is 0.389. The lowest BCUT2D eigenvalue weighted by atomic mass is 9.73. The fourth-order valence-electron chi connectivity index (χ4n) is 3.90. The van der Waals surface area contributed by atoms with Gasteiger partial charge in [-0.2, -0.15) is 0 Å². The molecule has 1 aliphatic carbocycles. The Morgan fingerprint density at radius 2 is 2.00 bits per heavy atom. The normalized spacial score (nSPS) is 29.7. The van der Waals surface area contributed by atoms with E-state index in [0.29, 0.717) is 12.0 Å². The minimum absolute atomic E-state index is 0.0436. The number of hydrogen-bond acceptors (Lipinski definition) is 3. The highest BCUT2D eigenvalue weighted by Gasteiger charge is 2.36. The van der Waals surface area contributed by atoms with Gasteiger partial charge in [-0.25, -0.2) is 0 Å². The Morgan fingerprint density at radius 1 is 1.30 bits per heavy atom. The van der Waals surface area contributed by atoms with Gasteiger partial charge in [-0.1, -0.05) is 25.8 Å². The molecule has 3 atom stereocenters. The molecule has 0 unspecified atom stereocenters. The molecule has 1 N–H and O–H groups in total. The van der Waals surface area contributed by atoms with Gasteiger partial charge in [0, 0.05) is 12.0 Å². The fourth-order valence-corrected chi connectivity index (χ4v) is 4.84. The molecule has 2 rings (SSSR count). The molecule has 2 aliphatic rings. The van der Waals surface area contributed by atoms with E-state index >= 15 is 0 Å². The first-order valence-electron chi connectivity index (χ1n) is 7.79. The van der Waals surface area contributed by atoms with E-state index in [4.69, 9.17) is 4.74 Å². The van der Waals surface area contributed by atoms with Crippen LogP contribution in [0.25, 0.3) is 0 Å². The van der Waals surface area contributed by atoms with Crippen molar-refractivity contribution in [3.8, 4) is 0 Å². The third kappa shape index (κ3) is 3.97. The van der Waals surface area contributed by atoms with E-state index in [1.807, 2.05) is 0 Å². The Bertz CT molecular complexity index is 352. The van der Waals surface area contributed by atoms with Crippen LogP contribution in [0.2, 0.25) is 0 Å². The molecule has 1 heterocycles. The van der Waals surface area contributed by atoms with Crippen molar-refractivity contribution in [3.63, 3.8) is 0 Å². The van der Waals surface area contributed by atoms with Crippen LogP contribution in [0, 0.1) is 17.8 Å². The van der Waals surface area contributed by atoms with Gasteiger partial charge in [0.2, 0.25) is 0 Å². The molecule has 0 aromatic heterocycles. The maximum absolute atomic E-state index is 11.8. The maximum Gasteiger partial charge on any atom is 0.308 e. The monoisotopic (exact) mass is 391 g/mol. The zero-order valence-corrected chi connectivity index (χ0v) is 14.5. The van der Waals surface area contributed by atoms with E-state index < -0.39 is 0 Å². The van der Waals surface area contributed by atoms with Gasteiger partial charge in [-0.15, -0.1) is 0 Å². The minimum atomic E-state index is -0.0436. The van der Waals surface area contributed by atoms with Crippen molar-refractivity contribution >= 4 is 28.6 Å². The first kappa shape index (κ1) is 16.3. The molecule has 0 spiro atoms. The minimum Gasteiger partial charge on any atom is -0.469 e. The van der Waals surface area contributed by atoms with Crippen LogP contribution in [0.15, 0.2) is 10.2 Å². The van der Waals surface area contributed by atoms with Gasteiger partial charge in [-0.05, 0) is 64.3 Å². The molecule has 1 saturated heterocycles. The van der Waals surface area contributed by atoms with Gasteiger partial charge < -0.3 is 10.1 Å². The van der Waals surface area contributed by atoms with Gasteiger partial charge in [0.05, 0.1) is 13.0 Å². The van der Waals surface area contributed by atoms with E-state index in [2.05, 4.69) is 34.5 Å². The number of esters is 1. The van der Waals surface area contributed by atoms with Gasteiger partial charge in [0.1, 0.15) is 0 Å². The van der Waals surface area contributed by atoms with Crippen molar-refractivity contribution in [2.24, 2.45) is 17.8 Å². The lowest BCUT2D eigenvalue weighted by Gasteiger charge is -2.40. The molecule has 1 saturated carbocycles. The molecule has 20 heavy (non-hydrogen) atoms. The number of piperidine rings is 1. The summed E-state index contributed by atoms with van der Waals surface area (Å²) >= 11 is 2.39. The SMILES string of the molecule is C=C(I)[C@@H](C1CCCCC1)[C@@H]1C[C@@H](C(=O)OC)CCN1. The van der Waals surface area contributed by atoms with Crippen LogP contribution < -0.4 is 5.32 Å². The standard InChI is InChI=1S/C16H26INO2/c1-11(17)15(12-6-4-3-5-7-12)14-10-13(8-9-18-14)16(19)20-2/h12-15,18H,1,3-10H2,2H3/t13-,14-,15-/m0/s1. The second kappa shape index (κ2) is 7.78. The smallest absolute Gasteiger partial charge is 0.308 e. The third-order valence-electron chi connectivity index (χ3n) is 4.93. The number of rotatable bonds is 4. The second-order valence-corrected chi connectivity index (χ2v) is 7.56. The van der Waals surface area contributed by atoms with Crippen molar-refractivity contribution in [2.45, 2.75) is 51.0 Å². The van der Waals surface area contributed by atoms with Crippen molar-refractivity contribution < 1.29 is 9.53 Å². The average molecular weight is 391 g/mol. The van der Waals surface area contributed by atoms with E-state index in [-0.39, 0.29) is 11.9 Å². The quantitative estimate of drug-likeness (QED) is 0.587. The Morgan fingerprint density at radius 3 is 2.60 bits per heavy atom. The predicted octanol–water partition coefficient (Wildman–Crippen LogP) is 3.67. The molecule has 0 bridgehead atoms. The molecule has 0 amide bonds. The zero-order valence-electron chi connectivity index (χ0n) is 12.4. The van der Waals surface area contributed by atoms with E-state index in [1.165, 1.54) is 42.8 Å². The largest absolute Gasteiger partial charge is 0.469 e. The van der Waals surface area contributed by atoms with Crippen LogP contribution in [0.4, 0.5) is 0 Å². The lowest BCUT2D eigenvalue weighted by molar-refractivity contribution is -0.146. The van der Waals surface area contributed by atoms with Crippen LogP contribution in [0.3, 0.4) is 0 Å². The van der Waals surface area contributed by atoms with Crippen molar-refractivity contribution in [1.82, 2.24) is 5.32 Å². The molecule has 3 nitrogen and oxygen atoms in total. The van der Waals surface area contributed by atoms with Crippen molar-refractivity contribution in [1.29, 1.82) is 0 Å². The molecule has 0 aromatic carbocycles. The summed E-state index contributed by atoms with van der Waals surface area (Å²) in [5, 5.41) is 3.63. The molecular weight excluding hydrogens is 365 g/mol. The number of ether oxygens (including phenoxy) is 1. The molecule has 114 valence electrons. The first-order valence-corrected chi connectivity index (χ1v) is 8.87. The summed E-state index contributed by atoms with van der Waals surface area (Å²) in [6.07, 6.45) is 8.49. The molecule has 4 heteroatoms. The second-order valence-electron chi connectivity index (χ2n) is 6.18. The summed E-state index contributed by atoms with van der Waals surface area (Å²) in [6.45, 7) is 5.14. The Kier molecular flexibility index (Phi) is 6.33. The zero-order chi connectivity index (χ0) is 14.5. The van der Waals surface area contributed by atoms with Crippen LogP contribution in [-0.2, 0) is 9.53 Å². The molecule has 0 radical (unpaired) electrons. The maximum atomic E-state index is 11.8. The van der Waals surface area contributed by atoms with Gasteiger partial charge in [-0.3, -0.25) is 4.79 Å². The molecule has 2 fully saturated rings. The Hall–Kier alpha value is -0.100. The number of nitrogens with one attached hydrogen (secondary N) is 1. The van der Waals surface area contributed by atoms with Gasteiger partial charge in [0.15, 0.2) is 0 Å². The average Bonchev–Trinajstić information content (AvgIpc) is 2.47. The summed E-state index contributed by atoms with van der Waals surface area (Å²) in [5.41, 5.74) is 0. The number of methoxy groups -OCH3 is 1. The van der Waals surface area contributed by atoms with Crippen molar-refractivity contribution in [2.75, 3.05) is 13.7 Å². The first-order chi connectivity index (χ1) is 9.63. The summed E-state index contributed by atoms with van der Waals surface area (Å²) < 4.78 is 6.18. The number of hydrogen-bond donors (Lipinski definition) is 1. The third-order valence-corrected chi connectivity index (χ3v) is 5.64. The van der Waals surface area contributed by atoms with Gasteiger partial charge in [0.25, 0.3) is 0 Å². The Labute approximate surface area is 136 Å². The highest BCUT2D eigenvalue weighted by Crippen LogP contribution is 2.40. The highest BCUT2D eigenvalue weighted by molar-refractivity contribution is 14.1. The van der Waals surface area contributed by atoms with Crippen LogP contribution >= 0.6 is 22.6 Å². The summed E-state index contributed by atoms with van der Waals surface area (Å²) in [5.74, 6) is 1.26. The number of carbonyl (C=O) groups is 1. The summed E-state index contributed by atoms with van der Waals surface area (Å²) in [7, 11) is 1.50. The highest BCUT2D eigenvalue weighted by atomic mass is 127. The number of carbonyl (C=O) groups excluding carboxylic acids is 1. The van der Waals surface area contributed by atoms with E-state index in [0.717, 1.165) is 25.3 Å². The predicted molar refractivity (Wildman–Crippen MR) is 89.8 cm³/mol. The molecular formula is C16H26INO2. The van der Waals surface area contributed by atoms with E-state index in [1.54, 1.807) is 0 Å². The fraction of sp³-hybridized carbons (Fsp3) is 0.812. The van der Waals surface area contributed by atoms with Crippen molar-refractivity contribution in [3.05, 3.63) is 10.2 Å². The van der Waals surface area contributed by atoms with Crippen LogP contribution in [-0.4, -0.2) is 25.7 Å². The lowest BCUT2D eigenvalue weighted by Crippen LogP contribution is -2.47. The summed E-state index contributed by atoms with van der Waals surface area (Å²) in [4.78, 5) is 11.8. The van der Waals surface area contributed by atoms with E-state index in [9.17, 15) is 4.79 Å². The molecule has 0 aromatic rings. The van der Waals surface area contributed by atoms with Crippen LogP contribution in [0.1, 0.15) is 44.9 Å². The molecule has 1 aliphatic heterocycles. The van der Waals surface area contributed by atoms with Crippen LogP contribution in [0.5, 0.6) is 0 Å². The topological polar surface area (TPSA) is 38.3 Å².